The standard InChI is InChI=1S/C29H25N3O4S/c1-2-27(29(34)31(23-13-5-3-6-14-23)24-15-7-4-8-16-24)37-26-18-10-12-22(20-26)30-28(33)21-11-9-17-25(19-21)32(35)36/h3-20,27H,2H2,1H3,(H,30,33). The highest BCUT2D eigenvalue weighted by molar-refractivity contribution is 8.00. The molecular weight excluding hydrogens is 486 g/mol. The maximum absolute atomic E-state index is 13.8. The van der Waals surface area contributed by atoms with Crippen LogP contribution in [0.5, 0.6) is 0 Å². The number of hydrogen-bond donors (Lipinski definition) is 1. The van der Waals surface area contributed by atoms with E-state index in [-0.39, 0.29) is 22.4 Å². The van der Waals surface area contributed by atoms with Gasteiger partial charge in [-0.15, -0.1) is 11.8 Å². The van der Waals surface area contributed by atoms with Crippen LogP contribution in [0, 0.1) is 10.1 Å². The minimum atomic E-state index is -0.538. The van der Waals surface area contributed by atoms with Crippen molar-refractivity contribution in [1.29, 1.82) is 0 Å². The van der Waals surface area contributed by atoms with E-state index in [2.05, 4.69) is 5.32 Å². The molecule has 1 N–H and O–H groups in total. The van der Waals surface area contributed by atoms with Gasteiger partial charge in [0.05, 0.1) is 10.2 Å². The topological polar surface area (TPSA) is 92.5 Å². The van der Waals surface area contributed by atoms with Crippen LogP contribution in [0.1, 0.15) is 23.7 Å². The normalized spacial score (nSPS) is 11.4. The second kappa shape index (κ2) is 12.0. The Balaban J connectivity index is 1.53. The van der Waals surface area contributed by atoms with Crippen molar-refractivity contribution in [3.8, 4) is 0 Å². The molecule has 0 bridgehead atoms. The van der Waals surface area contributed by atoms with Crippen LogP contribution in [0.4, 0.5) is 22.7 Å². The number of nitrogens with zero attached hydrogens (tertiary/aromatic N) is 2. The summed E-state index contributed by atoms with van der Waals surface area (Å²) in [5.41, 5.74) is 2.15. The van der Waals surface area contributed by atoms with E-state index < -0.39 is 10.8 Å². The van der Waals surface area contributed by atoms with Crippen molar-refractivity contribution in [3.63, 3.8) is 0 Å². The first-order valence-electron chi connectivity index (χ1n) is 11.7. The zero-order valence-corrected chi connectivity index (χ0v) is 20.9. The fourth-order valence-corrected chi connectivity index (χ4v) is 4.84. The molecular formula is C29H25N3O4S. The van der Waals surface area contributed by atoms with E-state index in [0.717, 1.165) is 16.3 Å². The predicted molar refractivity (Wildman–Crippen MR) is 147 cm³/mol. The first-order chi connectivity index (χ1) is 18.0. The first kappa shape index (κ1) is 25.7. The van der Waals surface area contributed by atoms with Crippen LogP contribution in [0.15, 0.2) is 114 Å². The summed E-state index contributed by atoms with van der Waals surface area (Å²) in [6.07, 6.45) is 0.601. The van der Waals surface area contributed by atoms with Gasteiger partial charge in [0, 0.05) is 39.7 Å². The Kier molecular flexibility index (Phi) is 8.33. The number of anilines is 3. The summed E-state index contributed by atoms with van der Waals surface area (Å²) in [7, 11) is 0. The second-order valence-electron chi connectivity index (χ2n) is 8.15. The van der Waals surface area contributed by atoms with Crippen LogP contribution >= 0.6 is 11.8 Å². The molecule has 186 valence electrons. The molecule has 0 aliphatic rings. The van der Waals surface area contributed by atoms with E-state index in [1.54, 1.807) is 23.1 Å². The van der Waals surface area contributed by atoms with Gasteiger partial charge in [-0.2, -0.15) is 0 Å². The maximum Gasteiger partial charge on any atom is 0.270 e. The van der Waals surface area contributed by atoms with E-state index in [0.29, 0.717) is 12.1 Å². The molecule has 0 saturated heterocycles. The van der Waals surface area contributed by atoms with Gasteiger partial charge in [0.15, 0.2) is 0 Å². The van der Waals surface area contributed by atoms with Crippen molar-refractivity contribution in [2.45, 2.75) is 23.5 Å². The average Bonchev–Trinajstić information content (AvgIpc) is 2.93. The molecule has 1 atom stereocenters. The predicted octanol–water partition coefficient (Wildman–Crippen LogP) is 7.08. The van der Waals surface area contributed by atoms with E-state index in [1.165, 1.54) is 36.0 Å². The Hall–Kier alpha value is -4.43. The first-order valence-corrected chi connectivity index (χ1v) is 12.6. The van der Waals surface area contributed by atoms with Gasteiger partial charge in [-0.3, -0.25) is 24.6 Å². The highest BCUT2D eigenvalue weighted by Gasteiger charge is 2.26. The zero-order chi connectivity index (χ0) is 26.2. The number of para-hydroxylation sites is 2. The summed E-state index contributed by atoms with van der Waals surface area (Å²) in [6, 6.07) is 31.9. The number of nitro groups is 1. The SMILES string of the molecule is CCC(Sc1cccc(NC(=O)c2cccc([N+](=O)[O-])c2)c1)C(=O)N(c1ccccc1)c1ccccc1. The number of nitro benzene ring substituents is 1. The van der Waals surface area contributed by atoms with Crippen molar-refractivity contribution >= 4 is 46.3 Å². The Morgan fingerprint density at radius 1 is 0.865 bits per heavy atom. The zero-order valence-electron chi connectivity index (χ0n) is 20.1. The summed E-state index contributed by atoms with van der Waals surface area (Å²) in [5.74, 6) is -0.496. The molecule has 1 unspecified atom stereocenters. The lowest BCUT2D eigenvalue weighted by atomic mass is 10.2. The molecule has 0 spiro atoms. The van der Waals surface area contributed by atoms with Crippen molar-refractivity contribution in [1.82, 2.24) is 0 Å². The highest BCUT2D eigenvalue weighted by Crippen LogP contribution is 2.33. The molecule has 0 radical (unpaired) electrons. The fourth-order valence-electron chi connectivity index (χ4n) is 3.79. The summed E-state index contributed by atoms with van der Waals surface area (Å²) >= 11 is 1.43. The van der Waals surface area contributed by atoms with Gasteiger partial charge in [0.1, 0.15) is 0 Å². The van der Waals surface area contributed by atoms with Gasteiger partial charge < -0.3 is 5.32 Å². The van der Waals surface area contributed by atoms with Crippen LogP contribution in [0.25, 0.3) is 0 Å². The summed E-state index contributed by atoms with van der Waals surface area (Å²) in [4.78, 5) is 39.5. The van der Waals surface area contributed by atoms with Gasteiger partial charge in [-0.25, -0.2) is 0 Å². The minimum absolute atomic E-state index is 0.0454. The number of carbonyl (C=O) groups is 2. The third kappa shape index (κ3) is 6.42. The van der Waals surface area contributed by atoms with E-state index in [9.17, 15) is 19.7 Å². The smallest absolute Gasteiger partial charge is 0.270 e. The van der Waals surface area contributed by atoms with Crippen molar-refractivity contribution in [2.75, 3.05) is 10.2 Å². The number of nitrogens with one attached hydrogen (secondary N) is 1. The number of rotatable bonds is 9. The molecule has 37 heavy (non-hydrogen) atoms. The lowest BCUT2D eigenvalue weighted by molar-refractivity contribution is -0.384. The molecule has 0 fully saturated rings. The van der Waals surface area contributed by atoms with Crippen LogP contribution in [-0.4, -0.2) is 22.0 Å². The van der Waals surface area contributed by atoms with Crippen molar-refractivity contribution < 1.29 is 14.5 Å². The van der Waals surface area contributed by atoms with Gasteiger partial charge in [0.2, 0.25) is 5.91 Å². The van der Waals surface area contributed by atoms with Gasteiger partial charge in [0.25, 0.3) is 11.6 Å². The summed E-state index contributed by atoms with van der Waals surface area (Å²) in [5, 5.41) is 13.5. The Morgan fingerprint density at radius 3 is 2.08 bits per heavy atom. The van der Waals surface area contributed by atoms with Crippen LogP contribution in [0.2, 0.25) is 0 Å². The Labute approximate surface area is 219 Å². The van der Waals surface area contributed by atoms with Crippen molar-refractivity contribution in [2.24, 2.45) is 0 Å². The molecule has 0 aliphatic heterocycles. The monoisotopic (exact) mass is 511 g/mol. The van der Waals surface area contributed by atoms with E-state index in [4.69, 9.17) is 0 Å². The molecule has 4 aromatic carbocycles. The van der Waals surface area contributed by atoms with Crippen LogP contribution < -0.4 is 10.2 Å². The minimum Gasteiger partial charge on any atom is -0.322 e. The summed E-state index contributed by atoms with van der Waals surface area (Å²) < 4.78 is 0. The molecule has 0 aromatic heterocycles. The van der Waals surface area contributed by atoms with Crippen LogP contribution in [0.3, 0.4) is 0 Å². The largest absolute Gasteiger partial charge is 0.322 e. The molecule has 0 saturated carbocycles. The number of benzene rings is 4. The third-order valence-electron chi connectivity index (χ3n) is 5.58. The maximum atomic E-state index is 13.8. The Morgan fingerprint density at radius 2 is 1.49 bits per heavy atom. The molecule has 7 nitrogen and oxygen atoms in total. The number of non-ortho nitro benzene ring substituents is 1. The van der Waals surface area contributed by atoms with E-state index >= 15 is 0 Å². The average molecular weight is 512 g/mol. The second-order valence-corrected chi connectivity index (χ2v) is 9.43. The molecule has 8 heteroatoms. The number of amides is 2. The van der Waals surface area contributed by atoms with Gasteiger partial charge in [-0.1, -0.05) is 55.5 Å². The molecule has 4 rings (SSSR count). The number of hydrogen-bond acceptors (Lipinski definition) is 5. The molecule has 4 aromatic rings. The van der Waals surface area contributed by atoms with Gasteiger partial charge >= 0.3 is 0 Å². The number of thioether (sulfide) groups is 1. The Bertz CT molecular complexity index is 1360. The highest BCUT2D eigenvalue weighted by atomic mass is 32.2. The molecule has 2 amide bonds. The van der Waals surface area contributed by atoms with Crippen molar-refractivity contribution in [3.05, 3.63) is 125 Å². The fraction of sp³-hybridized carbons (Fsp3) is 0.103. The quantitative estimate of drug-likeness (QED) is 0.147. The van der Waals surface area contributed by atoms with Crippen LogP contribution in [-0.2, 0) is 4.79 Å². The van der Waals surface area contributed by atoms with Gasteiger partial charge in [-0.05, 0) is 55.0 Å². The molecule has 0 heterocycles. The molecule has 0 aliphatic carbocycles. The third-order valence-corrected chi connectivity index (χ3v) is 6.93. The van der Waals surface area contributed by atoms with E-state index in [1.807, 2.05) is 73.7 Å². The number of carbonyl (C=O) groups excluding carboxylic acids is 2. The summed E-state index contributed by atoms with van der Waals surface area (Å²) in [6.45, 7) is 1.97. The lowest BCUT2D eigenvalue weighted by Crippen LogP contribution is -2.34. The lowest BCUT2D eigenvalue weighted by Gasteiger charge is -2.27.